The van der Waals surface area contributed by atoms with Gasteiger partial charge in [-0.05, 0) is 35.4 Å². The minimum absolute atomic E-state index is 0.108. The molecule has 0 saturated heterocycles. The van der Waals surface area contributed by atoms with Crippen LogP contribution < -0.4 is 0 Å². The van der Waals surface area contributed by atoms with Crippen LogP contribution in [-0.2, 0) is 11.8 Å². The Morgan fingerprint density at radius 1 is 1.16 bits per heavy atom. The van der Waals surface area contributed by atoms with Gasteiger partial charge in [0.25, 0.3) is 0 Å². The minimum Gasteiger partial charge on any atom is -0.0956 e. The summed E-state index contributed by atoms with van der Waals surface area (Å²) in [5, 5.41) is 0. The van der Waals surface area contributed by atoms with E-state index >= 15 is 0 Å². The van der Waals surface area contributed by atoms with Gasteiger partial charge in [0.1, 0.15) is 0 Å². The first-order valence-corrected chi connectivity index (χ1v) is 9.70. The molecule has 134 valence electrons. The molecule has 25 heavy (non-hydrogen) atoms. The van der Waals surface area contributed by atoms with Crippen LogP contribution in [0.25, 0.3) is 0 Å². The molecule has 0 spiro atoms. The first-order chi connectivity index (χ1) is 11.8. The zero-order chi connectivity index (χ0) is 18.6. The van der Waals surface area contributed by atoms with Crippen LogP contribution in [0.4, 0.5) is 0 Å². The van der Waals surface area contributed by atoms with Crippen molar-refractivity contribution in [3.63, 3.8) is 0 Å². The molecule has 0 heterocycles. The lowest BCUT2D eigenvalue weighted by molar-refractivity contribution is 0.608. The molecule has 0 fully saturated rings. The summed E-state index contributed by atoms with van der Waals surface area (Å²) in [5.74, 6) is 1.04. The summed E-state index contributed by atoms with van der Waals surface area (Å²) in [5.41, 5.74) is 7.29. The summed E-state index contributed by atoms with van der Waals surface area (Å²) in [6.45, 7) is 17.7. The molecular formula is C25H34. The number of allylic oxidation sites excluding steroid dienone is 7. The molecule has 1 aromatic rings. The van der Waals surface area contributed by atoms with Crippen LogP contribution >= 0.6 is 0 Å². The molecular weight excluding hydrogens is 300 g/mol. The molecule has 1 aliphatic rings. The van der Waals surface area contributed by atoms with E-state index in [0.29, 0.717) is 11.8 Å². The van der Waals surface area contributed by atoms with Crippen molar-refractivity contribution >= 4 is 0 Å². The highest BCUT2D eigenvalue weighted by atomic mass is 14.4. The fraction of sp³-hybridized carbons (Fsp3) is 0.440. The number of hydrogen-bond acceptors (Lipinski definition) is 0. The van der Waals surface area contributed by atoms with E-state index in [-0.39, 0.29) is 5.41 Å². The predicted octanol–water partition coefficient (Wildman–Crippen LogP) is 7.28. The Hall–Kier alpha value is -1.82. The number of benzene rings is 1. The molecule has 0 bridgehead atoms. The Morgan fingerprint density at radius 3 is 2.48 bits per heavy atom. The van der Waals surface area contributed by atoms with Crippen LogP contribution in [-0.4, -0.2) is 0 Å². The van der Waals surface area contributed by atoms with Crippen molar-refractivity contribution in [2.75, 3.05) is 0 Å². The standard InChI is InChI=1S/C25H34/c1-8-20-15-16-22-21(9-2)23(25(6,7)24(22)17-20)14-12-10-11-13-19(5)18(3)4/h10-18,21H,5,8-9H2,1-4,6-7H3. The lowest BCUT2D eigenvalue weighted by Gasteiger charge is -2.24. The van der Waals surface area contributed by atoms with Crippen LogP contribution in [0.1, 0.15) is 70.6 Å². The maximum Gasteiger partial charge on any atom is 0.0117 e. The minimum atomic E-state index is 0.108. The second-order valence-electron chi connectivity index (χ2n) is 7.96. The molecule has 1 unspecified atom stereocenters. The molecule has 0 aromatic heterocycles. The second-order valence-corrected chi connectivity index (χ2v) is 7.96. The lowest BCUT2D eigenvalue weighted by atomic mass is 9.80. The molecule has 0 amide bonds. The average molecular weight is 335 g/mol. The van der Waals surface area contributed by atoms with Crippen LogP contribution in [0.5, 0.6) is 0 Å². The summed E-state index contributed by atoms with van der Waals surface area (Å²) in [7, 11) is 0. The zero-order valence-corrected chi connectivity index (χ0v) is 16.9. The fourth-order valence-electron chi connectivity index (χ4n) is 3.79. The maximum atomic E-state index is 4.08. The summed E-state index contributed by atoms with van der Waals surface area (Å²) in [6.07, 6.45) is 13.1. The van der Waals surface area contributed by atoms with E-state index in [9.17, 15) is 0 Å². The van der Waals surface area contributed by atoms with Crippen molar-refractivity contribution in [1.29, 1.82) is 0 Å². The number of hydrogen-bond donors (Lipinski definition) is 0. The van der Waals surface area contributed by atoms with Gasteiger partial charge in [-0.1, -0.05) is 108 Å². The van der Waals surface area contributed by atoms with Crippen LogP contribution in [0, 0.1) is 5.92 Å². The van der Waals surface area contributed by atoms with Crippen molar-refractivity contribution in [2.45, 2.75) is 65.7 Å². The first kappa shape index (κ1) is 19.5. The average Bonchev–Trinajstić information content (AvgIpc) is 2.80. The largest absolute Gasteiger partial charge is 0.0956 e. The van der Waals surface area contributed by atoms with Crippen molar-refractivity contribution < 1.29 is 0 Å². The predicted molar refractivity (Wildman–Crippen MR) is 112 cm³/mol. The summed E-state index contributed by atoms with van der Waals surface area (Å²) >= 11 is 0. The van der Waals surface area contributed by atoms with Crippen LogP contribution in [0.3, 0.4) is 0 Å². The van der Waals surface area contributed by atoms with E-state index in [0.717, 1.165) is 12.8 Å². The van der Waals surface area contributed by atoms with Gasteiger partial charge in [0.05, 0.1) is 0 Å². The van der Waals surface area contributed by atoms with Gasteiger partial charge in [0.2, 0.25) is 0 Å². The Morgan fingerprint density at radius 2 is 1.88 bits per heavy atom. The van der Waals surface area contributed by atoms with Crippen molar-refractivity contribution in [3.05, 3.63) is 83.0 Å². The highest BCUT2D eigenvalue weighted by Gasteiger charge is 2.40. The van der Waals surface area contributed by atoms with Gasteiger partial charge in [-0.15, -0.1) is 0 Å². The first-order valence-electron chi connectivity index (χ1n) is 9.70. The molecule has 0 saturated carbocycles. The molecule has 1 aliphatic carbocycles. The van der Waals surface area contributed by atoms with Gasteiger partial charge in [0.15, 0.2) is 0 Å². The smallest absolute Gasteiger partial charge is 0.0117 e. The molecule has 0 N–H and O–H groups in total. The summed E-state index contributed by atoms with van der Waals surface area (Å²) < 4.78 is 0. The quantitative estimate of drug-likeness (QED) is 0.479. The Kier molecular flexibility index (Phi) is 6.27. The molecule has 0 aliphatic heterocycles. The number of aryl methyl sites for hydroxylation is 1. The van der Waals surface area contributed by atoms with E-state index in [2.05, 4.69) is 96.7 Å². The topological polar surface area (TPSA) is 0 Å². The number of rotatable bonds is 6. The van der Waals surface area contributed by atoms with E-state index in [1.54, 1.807) is 0 Å². The third-order valence-corrected chi connectivity index (χ3v) is 5.63. The molecule has 0 radical (unpaired) electrons. The van der Waals surface area contributed by atoms with Gasteiger partial charge in [-0.25, -0.2) is 0 Å². The normalized spacial score (nSPS) is 20.9. The van der Waals surface area contributed by atoms with E-state index in [1.807, 2.05) is 0 Å². The third-order valence-electron chi connectivity index (χ3n) is 5.63. The molecule has 1 aromatic carbocycles. The van der Waals surface area contributed by atoms with Crippen molar-refractivity contribution in [3.8, 4) is 0 Å². The Labute approximate surface area is 155 Å². The highest BCUT2D eigenvalue weighted by Crippen LogP contribution is 2.51. The van der Waals surface area contributed by atoms with E-state index in [4.69, 9.17) is 0 Å². The van der Waals surface area contributed by atoms with Crippen molar-refractivity contribution in [2.24, 2.45) is 5.92 Å². The number of fused-ring (bicyclic) bond motifs is 1. The van der Waals surface area contributed by atoms with Gasteiger partial charge in [-0.2, -0.15) is 0 Å². The monoisotopic (exact) mass is 334 g/mol. The maximum absolute atomic E-state index is 4.08. The second kappa shape index (κ2) is 8.04. The lowest BCUT2D eigenvalue weighted by Crippen LogP contribution is -2.16. The SMILES string of the molecule is C=C(C=CC=CC=C1C(CC)c2ccc(CC)cc2C1(C)C)C(C)C. The molecule has 0 nitrogen and oxygen atoms in total. The molecule has 1 atom stereocenters. The van der Waals surface area contributed by atoms with Gasteiger partial charge < -0.3 is 0 Å². The van der Waals surface area contributed by atoms with E-state index in [1.165, 1.54) is 27.8 Å². The van der Waals surface area contributed by atoms with Crippen molar-refractivity contribution in [1.82, 2.24) is 0 Å². The van der Waals surface area contributed by atoms with Gasteiger partial charge >= 0.3 is 0 Å². The summed E-state index contributed by atoms with van der Waals surface area (Å²) in [4.78, 5) is 0. The Balaban J connectivity index is 2.30. The highest BCUT2D eigenvalue weighted by molar-refractivity contribution is 5.55. The van der Waals surface area contributed by atoms with Crippen LogP contribution in [0.15, 0.2) is 66.3 Å². The zero-order valence-electron chi connectivity index (χ0n) is 16.9. The van der Waals surface area contributed by atoms with E-state index < -0.39 is 0 Å². The molecule has 0 heteroatoms. The van der Waals surface area contributed by atoms with Crippen LogP contribution in [0.2, 0.25) is 0 Å². The fourth-order valence-corrected chi connectivity index (χ4v) is 3.79. The van der Waals surface area contributed by atoms with Gasteiger partial charge in [0, 0.05) is 11.3 Å². The van der Waals surface area contributed by atoms with Gasteiger partial charge in [-0.3, -0.25) is 0 Å². The molecule has 2 rings (SSSR count). The summed E-state index contributed by atoms with van der Waals surface area (Å²) in [6, 6.07) is 7.09. The Bertz CT molecular complexity index is 708. The third kappa shape index (κ3) is 4.06.